The zero-order valence-electron chi connectivity index (χ0n) is 15.6. The third-order valence-corrected chi connectivity index (χ3v) is 5.00. The molecule has 1 fully saturated rings. The highest BCUT2D eigenvalue weighted by molar-refractivity contribution is 5.89. The Labute approximate surface area is 158 Å². The molecule has 4 rings (SSSR count). The first-order chi connectivity index (χ1) is 13.1. The van der Waals surface area contributed by atoms with E-state index in [1.54, 1.807) is 17.1 Å². The number of anilines is 1. The van der Waals surface area contributed by atoms with Crippen LogP contribution in [0.2, 0.25) is 0 Å². The van der Waals surface area contributed by atoms with E-state index in [1.807, 2.05) is 29.2 Å². The Balaban J connectivity index is 1.39. The van der Waals surface area contributed by atoms with Crippen molar-refractivity contribution in [1.29, 1.82) is 0 Å². The van der Waals surface area contributed by atoms with Crippen molar-refractivity contribution >= 4 is 11.7 Å². The van der Waals surface area contributed by atoms with Crippen molar-refractivity contribution in [2.75, 3.05) is 18.4 Å². The molecule has 1 aliphatic rings. The van der Waals surface area contributed by atoms with E-state index < -0.39 is 0 Å². The number of urea groups is 1. The minimum Gasteiger partial charge on any atom is -0.324 e. The Hall–Kier alpha value is -3.15. The van der Waals surface area contributed by atoms with Crippen molar-refractivity contribution < 1.29 is 4.79 Å². The van der Waals surface area contributed by atoms with Crippen LogP contribution in [0.3, 0.4) is 0 Å². The fraction of sp³-hybridized carbons (Fsp3) is 0.286. The molecule has 6 heteroatoms. The Morgan fingerprint density at radius 2 is 1.85 bits per heavy atom. The van der Waals surface area contributed by atoms with Gasteiger partial charge in [-0.1, -0.05) is 34.5 Å². The summed E-state index contributed by atoms with van der Waals surface area (Å²) in [6, 6.07) is 14.2. The number of carbonyl (C=O) groups excluding carboxylic acids is 1. The van der Waals surface area contributed by atoms with Crippen LogP contribution in [0.5, 0.6) is 0 Å². The van der Waals surface area contributed by atoms with Crippen LogP contribution in [-0.2, 0) is 0 Å². The number of aromatic nitrogens is 3. The molecule has 1 N–H and O–H groups in total. The topological polar surface area (TPSA) is 63.1 Å². The van der Waals surface area contributed by atoms with Gasteiger partial charge in [-0.3, -0.25) is 0 Å². The predicted molar refractivity (Wildman–Crippen MR) is 105 cm³/mol. The van der Waals surface area contributed by atoms with Gasteiger partial charge in [-0.05, 0) is 50.1 Å². The lowest BCUT2D eigenvalue weighted by Crippen LogP contribution is -2.32. The standard InChI is InChI=1S/C21H23N5O/c1-15-11-16(2)13-18(12-15)17-7-9-25(14-17)21(27)23-19-3-5-20(6-4-19)26-10-8-22-24-26/h3-6,8,10-13,17H,7,9,14H2,1-2H3,(H,23,27). The summed E-state index contributed by atoms with van der Waals surface area (Å²) in [4.78, 5) is 14.5. The van der Waals surface area contributed by atoms with Crippen LogP contribution in [0.4, 0.5) is 10.5 Å². The van der Waals surface area contributed by atoms with Gasteiger partial charge in [-0.25, -0.2) is 9.48 Å². The molecular formula is C21H23N5O. The fourth-order valence-corrected chi connectivity index (χ4v) is 3.71. The molecule has 2 aromatic carbocycles. The van der Waals surface area contributed by atoms with Gasteiger partial charge in [0.1, 0.15) is 0 Å². The van der Waals surface area contributed by atoms with Crippen molar-refractivity contribution in [3.63, 3.8) is 0 Å². The number of benzene rings is 2. The molecule has 0 radical (unpaired) electrons. The molecular weight excluding hydrogens is 338 g/mol. The quantitative estimate of drug-likeness (QED) is 0.769. The Kier molecular flexibility index (Phi) is 4.62. The summed E-state index contributed by atoms with van der Waals surface area (Å²) in [7, 11) is 0. The summed E-state index contributed by atoms with van der Waals surface area (Å²) in [5.74, 6) is 0.407. The van der Waals surface area contributed by atoms with E-state index in [0.29, 0.717) is 5.92 Å². The molecule has 0 spiro atoms. The highest BCUT2D eigenvalue weighted by Gasteiger charge is 2.27. The number of likely N-dealkylation sites (tertiary alicyclic amines) is 1. The molecule has 1 aromatic heterocycles. The van der Waals surface area contributed by atoms with Crippen LogP contribution in [0.15, 0.2) is 54.9 Å². The van der Waals surface area contributed by atoms with E-state index in [1.165, 1.54) is 16.7 Å². The maximum absolute atomic E-state index is 12.6. The molecule has 1 atom stereocenters. The number of hydrogen-bond donors (Lipinski definition) is 1. The van der Waals surface area contributed by atoms with Gasteiger partial charge in [0, 0.05) is 24.7 Å². The lowest BCUT2D eigenvalue weighted by molar-refractivity contribution is 0.222. The average Bonchev–Trinajstić information content (AvgIpc) is 3.34. The van der Waals surface area contributed by atoms with Gasteiger partial charge in [0.25, 0.3) is 0 Å². The van der Waals surface area contributed by atoms with E-state index in [0.717, 1.165) is 30.9 Å². The minimum absolute atomic E-state index is 0.0459. The smallest absolute Gasteiger partial charge is 0.321 e. The number of hydrogen-bond acceptors (Lipinski definition) is 3. The second kappa shape index (κ2) is 7.23. The molecule has 0 bridgehead atoms. The third kappa shape index (κ3) is 3.84. The molecule has 2 amide bonds. The molecule has 27 heavy (non-hydrogen) atoms. The molecule has 0 aliphatic carbocycles. The summed E-state index contributed by atoms with van der Waals surface area (Å²) < 4.78 is 1.68. The van der Waals surface area contributed by atoms with E-state index in [4.69, 9.17) is 0 Å². The van der Waals surface area contributed by atoms with Gasteiger partial charge in [0.05, 0.1) is 18.1 Å². The molecule has 2 heterocycles. The monoisotopic (exact) mass is 361 g/mol. The maximum Gasteiger partial charge on any atom is 0.321 e. The second-order valence-corrected chi connectivity index (χ2v) is 7.18. The zero-order valence-corrected chi connectivity index (χ0v) is 15.6. The summed E-state index contributed by atoms with van der Waals surface area (Å²) in [5, 5.41) is 10.8. The Morgan fingerprint density at radius 3 is 2.52 bits per heavy atom. The lowest BCUT2D eigenvalue weighted by atomic mass is 9.95. The van der Waals surface area contributed by atoms with E-state index in [-0.39, 0.29) is 6.03 Å². The zero-order chi connectivity index (χ0) is 18.8. The highest BCUT2D eigenvalue weighted by Crippen LogP contribution is 2.29. The Morgan fingerprint density at radius 1 is 1.11 bits per heavy atom. The number of rotatable bonds is 3. The molecule has 138 valence electrons. The number of nitrogens with zero attached hydrogens (tertiary/aromatic N) is 4. The van der Waals surface area contributed by atoms with E-state index >= 15 is 0 Å². The largest absolute Gasteiger partial charge is 0.324 e. The fourth-order valence-electron chi connectivity index (χ4n) is 3.71. The summed E-state index contributed by atoms with van der Waals surface area (Å²) >= 11 is 0. The van der Waals surface area contributed by atoms with E-state index in [9.17, 15) is 4.79 Å². The third-order valence-electron chi connectivity index (χ3n) is 5.00. The van der Waals surface area contributed by atoms with Crippen molar-refractivity contribution in [2.24, 2.45) is 0 Å². The highest BCUT2D eigenvalue weighted by atomic mass is 16.2. The van der Waals surface area contributed by atoms with E-state index in [2.05, 4.69) is 47.7 Å². The summed E-state index contributed by atoms with van der Waals surface area (Å²) in [6.07, 6.45) is 4.42. The van der Waals surface area contributed by atoms with Crippen LogP contribution < -0.4 is 5.32 Å². The minimum atomic E-state index is -0.0459. The normalized spacial score (nSPS) is 16.5. The number of aryl methyl sites for hydroxylation is 2. The van der Waals surface area contributed by atoms with Crippen LogP contribution >= 0.6 is 0 Å². The molecule has 1 unspecified atom stereocenters. The average molecular weight is 361 g/mol. The molecule has 6 nitrogen and oxygen atoms in total. The first-order valence-electron chi connectivity index (χ1n) is 9.19. The molecule has 1 saturated heterocycles. The van der Waals surface area contributed by atoms with Crippen molar-refractivity contribution in [2.45, 2.75) is 26.2 Å². The van der Waals surface area contributed by atoms with Gasteiger partial charge < -0.3 is 10.2 Å². The van der Waals surface area contributed by atoms with Crippen LogP contribution in [0, 0.1) is 13.8 Å². The summed E-state index contributed by atoms with van der Waals surface area (Å²) in [5.41, 5.74) is 5.57. The maximum atomic E-state index is 12.6. The second-order valence-electron chi connectivity index (χ2n) is 7.18. The molecule has 0 saturated carbocycles. The number of amides is 2. The number of nitrogens with one attached hydrogen (secondary N) is 1. The molecule has 3 aromatic rings. The van der Waals surface area contributed by atoms with Gasteiger partial charge in [0.2, 0.25) is 0 Å². The van der Waals surface area contributed by atoms with Gasteiger partial charge in [-0.2, -0.15) is 0 Å². The van der Waals surface area contributed by atoms with Gasteiger partial charge in [0.15, 0.2) is 0 Å². The van der Waals surface area contributed by atoms with Crippen molar-refractivity contribution in [3.05, 3.63) is 71.5 Å². The van der Waals surface area contributed by atoms with Gasteiger partial charge >= 0.3 is 6.03 Å². The molecule has 1 aliphatic heterocycles. The van der Waals surface area contributed by atoms with Crippen molar-refractivity contribution in [3.8, 4) is 5.69 Å². The van der Waals surface area contributed by atoms with Gasteiger partial charge in [-0.15, -0.1) is 5.10 Å². The van der Waals surface area contributed by atoms with Crippen molar-refractivity contribution in [1.82, 2.24) is 19.9 Å². The van der Waals surface area contributed by atoms with Crippen LogP contribution in [-0.4, -0.2) is 39.0 Å². The SMILES string of the molecule is Cc1cc(C)cc(C2CCN(C(=O)Nc3ccc(-n4ccnn4)cc3)C2)c1. The Bertz CT molecular complexity index is 913. The number of carbonyl (C=O) groups is 1. The van der Waals surface area contributed by atoms with Crippen LogP contribution in [0.1, 0.15) is 29.0 Å². The lowest BCUT2D eigenvalue weighted by Gasteiger charge is -2.18. The first kappa shape index (κ1) is 17.3. The van der Waals surface area contributed by atoms with Crippen LogP contribution in [0.25, 0.3) is 5.69 Å². The summed E-state index contributed by atoms with van der Waals surface area (Å²) in [6.45, 7) is 5.78. The first-order valence-corrected chi connectivity index (χ1v) is 9.19. The predicted octanol–water partition coefficient (Wildman–Crippen LogP) is 3.91.